The molecule has 0 bridgehead atoms. The molecular formula is C20H19N3O2. The van der Waals surface area contributed by atoms with Crippen LogP contribution in [0.3, 0.4) is 0 Å². The summed E-state index contributed by atoms with van der Waals surface area (Å²) in [7, 11) is 0. The van der Waals surface area contributed by atoms with Gasteiger partial charge in [-0.3, -0.25) is 4.79 Å². The van der Waals surface area contributed by atoms with Gasteiger partial charge in [-0.1, -0.05) is 24.3 Å². The van der Waals surface area contributed by atoms with E-state index in [1.807, 2.05) is 47.4 Å². The SMILES string of the molecule is N#Cc1cccc([C@@H]2Nc3ccccc3C(=O)N2C[C@@H]2CCCO2)c1. The van der Waals surface area contributed by atoms with Gasteiger partial charge in [0.2, 0.25) is 0 Å². The molecule has 4 rings (SSSR count). The maximum absolute atomic E-state index is 13.1. The molecular weight excluding hydrogens is 314 g/mol. The van der Waals surface area contributed by atoms with Crippen molar-refractivity contribution in [3.05, 3.63) is 65.2 Å². The van der Waals surface area contributed by atoms with Crippen molar-refractivity contribution in [2.75, 3.05) is 18.5 Å². The van der Waals surface area contributed by atoms with E-state index in [1.54, 1.807) is 6.07 Å². The van der Waals surface area contributed by atoms with Crippen LogP contribution < -0.4 is 5.32 Å². The minimum absolute atomic E-state index is 0.00258. The summed E-state index contributed by atoms with van der Waals surface area (Å²) in [6.45, 7) is 1.30. The minimum atomic E-state index is -0.306. The monoisotopic (exact) mass is 333 g/mol. The van der Waals surface area contributed by atoms with Gasteiger partial charge in [-0.15, -0.1) is 0 Å². The van der Waals surface area contributed by atoms with E-state index in [2.05, 4.69) is 11.4 Å². The summed E-state index contributed by atoms with van der Waals surface area (Å²) >= 11 is 0. The molecule has 0 saturated carbocycles. The zero-order valence-electron chi connectivity index (χ0n) is 13.8. The molecule has 0 unspecified atom stereocenters. The van der Waals surface area contributed by atoms with E-state index < -0.39 is 0 Å². The lowest BCUT2D eigenvalue weighted by Gasteiger charge is -2.39. The predicted octanol–water partition coefficient (Wildman–Crippen LogP) is 3.30. The zero-order valence-corrected chi connectivity index (χ0v) is 13.8. The third kappa shape index (κ3) is 2.97. The zero-order chi connectivity index (χ0) is 17.2. The number of nitrogens with zero attached hydrogens (tertiary/aromatic N) is 2. The first kappa shape index (κ1) is 15.7. The largest absolute Gasteiger partial charge is 0.376 e. The number of ether oxygens (including phenoxy) is 1. The van der Waals surface area contributed by atoms with E-state index in [0.717, 1.165) is 30.7 Å². The lowest BCUT2D eigenvalue weighted by Crippen LogP contribution is -2.46. The predicted molar refractivity (Wildman–Crippen MR) is 94.0 cm³/mol. The van der Waals surface area contributed by atoms with Gasteiger partial charge in [0.15, 0.2) is 0 Å². The molecule has 2 aromatic rings. The molecule has 0 radical (unpaired) electrons. The fourth-order valence-corrected chi connectivity index (χ4v) is 3.53. The number of para-hydroxylation sites is 1. The summed E-state index contributed by atoms with van der Waals surface area (Å²) in [5.41, 5.74) is 2.99. The van der Waals surface area contributed by atoms with Crippen LogP contribution in [0.15, 0.2) is 48.5 Å². The molecule has 2 aromatic carbocycles. The van der Waals surface area contributed by atoms with Crippen molar-refractivity contribution in [1.29, 1.82) is 5.26 Å². The molecule has 2 atom stereocenters. The van der Waals surface area contributed by atoms with Gasteiger partial charge in [-0.2, -0.15) is 5.26 Å². The number of nitrogens with one attached hydrogen (secondary N) is 1. The molecule has 5 heteroatoms. The van der Waals surface area contributed by atoms with Gasteiger partial charge in [-0.25, -0.2) is 0 Å². The van der Waals surface area contributed by atoms with Crippen LogP contribution in [0.1, 0.15) is 40.5 Å². The fourth-order valence-electron chi connectivity index (χ4n) is 3.53. The summed E-state index contributed by atoms with van der Waals surface area (Å²) in [6, 6.07) is 17.1. The molecule has 0 spiro atoms. The second kappa shape index (κ2) is 6.58. The van der Waals surface area contributed by atoms with Crippen LogP contribution in [-0.4, -0.2) is 30.1 Å². The van der Waals surface area contributed by atoms with Crippen LogP contribution in [0.4, 0.5) is 5.69 Å². The number of benzene rings is 2. The molecule has 25 heavy (non-hydrogen) atoms. The number of hydrogen-bond acceptors (Lipinski definition) is 4. The molecule has 1 fully saturated rings. The highest BCUT2D eigenvalue weighted by Crippen LogP contribution is 2.34. The number of rotatable bonds is 3. The fraction of sp³-hybridized carbons (Fsp3) is 0.300. The molecule has 126 valence electrons. The molecule has 1 amide bonds. The summed E-state index contributed by atoms with van der Waals surface area (Å²) < 4.78 is 5.75. The Labute approximate surface area is 146 Å². The lowest BCUT2D eigenvalue weighted by atomic mass is 10.0. The van der Waals surface area contributed by atoms with E-state index in [1.165, 1.54) is 0 Å². The maximum Gasteiger partial charge on any atom is 0.257 e. The Morgan fingerprint density at radius 2 is 2.12 bits per heavy atom. The minimum Gasteiger partial charge on any atom is -0.376 e. The summed E-state index contributed by atoms with van der Waals surface area (Å²) in [5.74, 6) is -0.00258. The van der Waals surface area contributed by atoms with Gasteiger partial charge in [0.25, 0.3) is 5.91 Å². The van der Waals surface area contributed by atoms with Crippen molar-refractivity contribution in [2.45, 2.75) is 25.1 Å². The highest BCUT2D eigenvalue weighted by atomic mass is 16.5. The summed E-state index contributed by atoms with van der Waals surface area (Å²) in [6.07, 6.45) is 1.76. The van der Waals surface area contributed by atoms with E-state index in [-0.39, 0.29) is 18.2 Å². The molecule has 5 nitrogen and oxygen atoms in total. The molecule has 0 aromatic heterocycles. The first-order chi connectivity index (χ1) is 12.3. The van der Waals surface area contributed by atoms with Crippen LogP contribution in [-0.2, 0) is 4.74 Å². The molecule has 1 N–H and O–H groups in total. The molecule has 2 aliphatic heterocycles. The highest BCUT2D eigenvalue weighted by Gasteiger charge is 2.35. The quantitative estimate of drug-likeness (QED) is 0.936. The normalized spacial score (nSPS) is 22.2. The third-order valence-electron chi connectivity index (χ3n) is 4.78. The van der Waals surface area contributed by atoms with E-state index in [4.69, 9.17) is 4.74 Å². The van der Waals surface area contributed by atoms with Crippen molar-refractivity contribution < 1.29 is 9.53 Å². The van der Waals surface area contributed by atoms with Crippen LogP contribution >= 0.6 is 0 Å². The Bertz CT molecular complexity index is 837. The third-order valence-corrected chi connectivity index (χ3v) is 4.78. The van der Waals surface area contributed by atoms with Crippen molar-refractivity contribution in [2.24, 2.45) is 0 Å². The van der Waals surface area contributed by atoms with Crippen molar-refractivity contribution >= 4 is 11.6 Å². The lowest BCUT2D eigenvalue weighted by molar-refractivity contribution is 0.0427. The second-order valence-corrected chi connectivity index (χ2v) is 6.42. The van der Waals surface area contributed by atoms with Crippen molar-refractivity contribution in [3.8, 4) is 6.07 Å². The Hall–Kier alpha value is -2.84. The Morgan fingerprint density at radius 1 is 1.24 bits per heavy atom. The van der Waals surface area contributed by atoms with E-state index in [9.17, 15) is 10.1 Å². The smallest absolute Gasteiger partial charge is 0.257 e. The van der Waals surface area contributed by atoms with Crippen molar-refractivity contribution in [3.63, 3.8) is 0 Å². The second-order valence-electron chi connectivity index (χ2n) is 6.42. The van der Waals surface area contributed by atoms with E-state index >= 15 is 0 Å². The van der Waals surface area contributed by atoms with Crippen molar-refractivity contribution in [1.82, 2.24) is 4.90 Å². The first-order valence-corrected chi connectivity index (χ1v) is 8.54. The molecule has 2 aliphatic rings. The topological polar surface area (TPSA) is 65.4 Å². The van der Waals surface area contributed by atoms with Gasteiger partial charge in [0, 0.05) is 18.8 Å². The van der Waals surface area contributed by atoms with Gasteiger partial charge < -0.3 is 15.0 Å². The number of hydrogen-bond donors (Lipinski definition) is 1. The average Bonchev–Trinajstić information content (AvgIpc) is 3.17. The van der Waals surface area contributed by atoms with E-state index in [0.29, 0.717) is 17.7 Å². The number of carbonyl (C=O) groups excluding carboxylic acids is 1. The van der Waals surface area contributed by atoms with Crippen LogP contribution in [0.25, 0.3) is 0 Å². The Balaban J connectivity index is 1.73. The average molecular weight is 333 g/mol. The Kier molecular flexibility index (Phi) is 4.12. The molecule has 2 heterocycles. The summed E-state index contributed by atoms with van der Waals surface area (Å²) in [5, 5.41) is 12.7. The number of fused-ring (bicyclic) bond motifs is 1. The van der Waals surface area contributed by atoms with Crippen LogP contribution in [0.2, 0.25) is 0 Å². The molecule has 0 aliphatic carbocycles. The number of nitriles is 1. The standard InChI is InChI=1S/C20H19N3O2/c21-12-14-5-3-6-15(11-14)19-22-18-9-2-1-8-17(18)20(24)23(19)13-16-7-4-10-25-16/h1-3,5-6,8-9,11,16,19,22H,4,7,10,13H2/t16-,19+/m0/s1. The highest BCUT2D eigenvalue weighted by molar-refractivity contribution is 6.01. The maximum atomic E-state index is 13.1. The number of anilines is 1. The first-order valence-electron chi connectivity index (χ1n) is 8.54. The van der Waals surface area contributed by atoms with Gasteiger partial charge in [0.1, 0.15) is 6.17 Å². The van der Waals surface area contributed by atoms with Gasteiger partial charge >= 0.3 is 0 Å². The van der Waals surface area contributed by atoms with Gasteiger partial charge in [0.05, 0.1) is 23.3 Å². The number of amides is 1. The number of carbonyl (C=O) groups is 1. The van der Waals surface area contributed by atoms with Crippen LogP contribution in [0.5, 0.6) is 0 Å². The molecule has 1 saturated heterocycles. The van der Waals surface area contributed by atoms with Gasteiger partial charge in [-0.05, 0) is 42.7 Å². The van der Waals surface area contributed by atoms with Crippen LogP contribution in [0, 0.1) is 11.3 Å². The summed E-state index contributed by atoms with van der Waals surface area (Å²) in [4.78, 5) is 14.9. The Morgan fingerprint density at radius 3 is 2.92 bits per heavy atom.